The van der Waals surface area contributed by atoms with Crippen LogP contribution in [0.4, 0.5) is 4.79 Å². The molecule has 0 radical (unpaired) electrons. The Hall–Kier alpha value is -1.81. The van der Waals surface area contributed by atoms with Gasteiger partial charge in [0.05, 0.1) is 0 Å². The molecule has 2 atom stereocenters. The number of carbonyl (C=O) groups is 1. The van der Waals surface area contributed by atoms with Crippen LogP contribution in [0.5, 0.6) is 0 Å². The molecular weight excluding hydrogens is 324 g/mol. The monoisotopic (exact) mass is 356 g/mol. The third kappa shape index (κ3) is 3.52. The molecule has 142 valence electrons. The minimum Gasteiger partial charge on any atom is -0.445 e. The highest BCUT2D eigenvalue weighted by Gasteiger charge is 2.50. The number of hydrogen-bond acceptors (Lipinski definition) is 3. The van der Waals surface area contributed by atoms with Gasteiger partial charge in [-0.05, 0) is 32.5 Å². The Labute approximate surface area is 157 Å². The van der Waals surface area contributed by atoms with Crippen molar-refractivity contribution >= 4 is 6.09 Å². The predicted molar refractivity (Wildman–Crippen MR) is 105 cm³/mol. The molecule has 1 aliphatic carbocycles. The van der Waals surface area contributed by atoms with E-state index in [-0.39, 0.29) is 16.9 Å². The topological polar surface area (TPSA) is 32.8 Å². The molecule has 1 heterocycles. The molecule has 0 bridgehead atoms. The molecule has 1 fully saturated rings. The van der Waals surface area contributed by atoms with Crippen molar-refractivity contribution in [2.45, 2.75) is 46.3 Å². The summed E-state index contributed by atoms with van der Waals surface area (Å²) in [5, 5.41) is 0. The zero-order chi connectivity index (χ0) is 18.9. The van der Waals surface area contributed by atoms with Crippen LogP contribution in [-0.2, 0) is 11.3 Å². The van der Waals surface area contributed by atoms with Gasteiger partial charge in [-0.3, -0.25) is 0 Å². The van der Waals surface area contributed by atoms with Crippen LogP contribution in [-0.4, -0.2) is 49.1 Å². The number of nitrogens with zero attached hydrogens (tertiary/aromatic N) is 2. The molecule has 0 saturated heterocycles. The van der Waals surface area contributed by atoms with Crippen molar-refractivity contribution in [2.24, 2.45) is 10.8 Å². The number of amides is 1. The minimum atomic E-state index is -0.210. The largest absolute Gasteiger partial charge is 0.445 e. The zero-order valence-electron chi connectivity index (χ0n) is 16.8. The van der Waals surface area contributed by atoms with Crippen molar-refractivity contribution in [2.75, 3.05) is 27.2 Å². The average molecular weight is 357 g/mol. The maximum Gasteiger partial charge on any atom is 0.410 e. The summed E-state index contributed by atoms with van der Waals surface area (Å²) in [5.41, 5.74) is 2.69. The van der Waals surface area contributed by atoms with Gasteiger partial charge in [0.1, 0.15) is 6.61 Å². The predicted octanol–water partition coefficient (Wildman–Crippen LogP) is 4.32. The molecular formula is C22H32N2O2. The Kier molecular flexibility index (Phi) is 5.16. The quantitative estimate of drug-likeness (QED) is 0.756. The Bertz CT molecular complexity index is 681. The van der Waals surface area contributed by atoms with E-state index in [2.05, 4.69) is 45.8 Å². The summed E-state index contributed by atoms with van der Waals surface area (Å²) < 4.78 is 5.55. The van der Waals surface area contributed by atoms with Gasteiger partial charge in [0.25, 0.3) is 0 Å². The first-order valence-corrected chi connectivity index (χ1v) is 9.57. The van der Waals surface area contributed by atoms with Gasteiger partial charge in [-0.25, -0.2) is 4.79 Å². The van der Waals surface area contributed by atoms with Gasteiger partial charge in [0.15, 0.2) is 0 Å². The van der Waals surface area contributed by atoms with E-state index in [9.17, 15) is 4.79 Å². The van der Waals surface area contributed by atoms with Crippen LogP contribution >= 0.6 is 0 Å². The highest BCUT2D eigenvalue weighted by atomic mass is 16.6. The van der Waals surface area contributed by atoms with Gasteiger partial charge in [0, 0.05) is 30.0 Å². The van der Waals surface area contributed by atoms with Crippen LogP contribution in [0, 0.1) is 10.8 Å². The summed E-state index contributed by atoms with van der Waals surface area (Å²) in [6, 6.07) is 10.4. The molecule has 2 unspecified atom stereocenters. The number of rotatable bonds is 3. The van der Waals surface area contributed by atoms with Crippen LogP contribution in [0.2, 0.25) is 0 Å². The van der Waals surface area contributed by atoms with E-state index in [1.807, 2.05) is 35.2 Å². The molecule has 2 aliphatic rings. The molecule has 26 heavy (non-hydrogen) atoms. The van der Waals surface area contributed by atoms with E-state index < -0.39 is 0 Å². The summed E-state index contributed by atoms with van der Waals surface area (Å²) in [6.07, 6.45) is 4.33. The van der Waals surface area contributed by atoms with Gasteiger partial charge < -0.3 is 14.5 Å². The molecule has 3 rings (SSSR count). The van der Waals surface area contributed by atoms with Gasteiger partial charge >= 0.3 is 6.09 Å². The van der Waals surface area contributed by atoms with Crippen molar-refractivity contribution < 1.29 is 9.53 Å². The van der Waals surface area contributed by atoms with Crippen molar-refractivity contribution in [3.8, 4) is 0 Å². The Morgan fingerprint density at radius 3 is 2.58 bits per heavy atom. The van der Waals surface area contributed by atoms with E-state index in [4.69, 9.17) is 4.74 Å². The first-order valence-electron chi connectivity index (χ1n) is 9.57. The van der Waals surface area contributed by atoms with Gasteiger partial charge in [0.2, 0.25) is 0 Å². The second-order valence-electron chi connectivity index (χ2n) is 8.84. The number of hydrogen-bond donors (Lipinski definition) is 0. The SMILES string of the molecule is CN(C)C1CCC2(C)CN(C(=O)OCc3ccccc3)CC=C2C1(C)C. The third-order valence-electron chi connectivity index (χ3n) is 6.29. The summed E-state index contributed by atoms with van der Waals surface area (Å²) in [6.45, 7) is 8.73. The van der Waals surface area contributed by atoms with Crippen molar-refractivity contribution in [1.29, 1.82) is 0 Å². The lowest BCUT2D eigenvalue weighted by molar-refractivity contribution is 0.0397. The molecule has 1 amide bonds. The minimum absolute atomic E-state index is 0.0417. The van der Waals surface area contributed by atoms with Gasteiger partial charge in [-0.2, -0.15) is 0 Å². The Balaban J connectivity index is 1.70. The lowest BCUT2D eigenvalue weighted by atomic mass is 9.57. The Morgan fingerprint density at radius 2 is 1.92 bits per heavy atom. The van der Waals surface area contributed by atoms with Crippen LogP contribution in [0.15, 0.2) is 42.0 Å². The molecule has 0 N–H and O–H groups in total. The molecule has 1 aromatic carbocycles. The maximum atomic E-state index is 12.6. The average Bonchev–Trinajstić information content (AvgIpc) is 2.59. The zero-order valence-corrected chi connectivity index (χ0v) is 16.8. The maximum absolute atomic E-state index is 12.6. The molecule has 1 aromatic rings. The lowest BCUT2D eigenvalue weighted by Gasteiger charge is -2.55. The molecule has 0 aromatic heterocycles. The fraction of sp³-hybridized carbons (Fsp3) is 0.591. The summed E-state index contributed by atoms with van der Waals surface area (Å²) >= 11 is 0. The normalized spacial score (nSPS) is 27.7. The van der Waals surface area contributed by atoms with Crippen molar-refractivity contribution in [3.63, 3.8) is 0 Å². The van der Waals surface area contributed by atoms with Gasteiger partial charge in [-0.1, -0.05) is 62.8 Å². The van der Waals surface area contributed by atoms with Crippen LogP contribution in [0.3, 0.4) is 0 Å². The molecule has 1 aliphatic heterocycles. The van der Waals surface area contributed by atoms with E-state index >= 15 is 0 Å². The second kappa shape index (κ2) is 7.07. The molecule has 0 spiro atoms. The van der Waals surface area contributed by atoms with Gasteiger partial charge in [-0.15, -0.1) is 0 Å². The number of fused-ring (bicyclic) bond motifs is 1. The lowest BCUT2D eigenvalue weighted by Crippen LogP contribution is -2.55. The number of ether oxygens (including phenoxy) is 1. The van der Waals surface area contributed by atoms with Crippen molar-refractivity contribution in [3.05, 3.63) is 47.5 Å². The summed E-state index contributed by atoms with van der Waals surface area (Å²) in [4.78, 5) is 16.8. The second-order valence-corrected chi connectivity index (χ2v) is 8.84. The fourth-order valence-electron chi connectivity index (χ4n) is 5.12. The first kappa shape index (κ1) is 19.0. The molecule has 4 heteroatoms. The van der Waals surface area contributed by atoms with Crippen molar-refractivity contribution in [1.82, 2.24) is 9.80 Å². The summed E-state index contributed by atoms with van der Waals surface area (Å²) in [7, 11) is 4.34. The third-order valence-corrected chi connectivity index (χ3v) is 6.29. The number of carbonyl (C=O) groups excluding carboxylic acids is 1. The van der Waals surface area contributed by atoms with E-state index in [0.29, 0.717) is 19.2 Å². The van der Waals surface area contributed by atoms with Crippen LogP contribution < -0.4 is 0 Å². The van der Waals surface area contributed by atoms with E-state index in [1.165, 1.54) is 5.57 Å². The smallest absolute Gasteiger partial charge is 0.410 e. The first-order chi connectivity index (χ1) is 12.2. The van der Waals surface area contributed by atoms with E-state index in [1.54, 1.807) is 0 Å². The Morgan fingerprint density at radius 1 is 1.23 bits per heavy atom. The highest BCUT2D eigenvalue weighted by Crippen LogP contribution is 2.53. The standard InChI is InChI=1S/C22H32N2O2/c1-21(2)18-12-14-24(16-22(18,3)13-11-19(21)23(4)5)20(25)26-15-17-9-7-6-8-10-17/h6-10,12,19H,11,13-16H2,1-5H3. The fourth-order valence-corrected chi connectivity index (χ4v) is 5.12. The summed E-state index contributed by atoms with van der Waals surface area (Å²) in [5.74, 6) is 0. The van der Waals surface area contributed by atoms with Crippen LogP contribution in [0.25, 0.3) is 0 Å². The highest BCUT2D eigenvalue weighted by molar-refractivity contribution is 5.68. The number of benzene rings is 1. The molecule has 4 nitrogen and oxygen atoms in total. The van der Waals surface area contributed by atoms with E-state index in [0.717, 1.165) is 24.9 Å². The molecule has 1 saturated carbocycles. The van der Waals surface area contributed by atoms with Crippen LogP contribution in [0.1, 0.15) is 39.2 Å².